The molecule has 0 radical (unpaired) electrons. The van der Waals surface area contributed by atoms with E-state index in [0.29, 0.717) is 30.4 Å². The first kappa shape index (κ1) is 20.1. The van der Waals surface area contributed by atoms with Crippen molar-refractivity contribution in [1.82, 2.24) is 10.2 Å². The number of nitrogens with zero attached hydrogens (tertiary/aromatic N) is 1. The van der Waals surface area contributed by atoms with Crippen LogP contribution in [0.1, 0.15) is 11.1 Å². The molecule has 4 atom stereocenters. The highest BCUT2D eigenvalue weighted by molar-refractivity contribution is 6.31. The second-order valence-corrected chi connectivity index (χ2v) is 8.62. The van der Waals surface area contributed by atoms with Gasteiger partial charge in [-0.05, 0) is 17.7 Å². The van der Waals surface area contributed by atoms with Crippen molar-refractivity contribution in [2.75, 3.05) is 13.7 Å². The largest absolute Gasteiger partial charge is 0.496 e. The number of nitrogens with one attached hydrogen (secondary N) is 1. The molecule has 160 valence electrons. The first-order valence-corrected chi connectivity index (χ1v) is 10.7. The number of methoxy groups -OCH3 is 1. The Hall–Kier alpha value is -2.83. The Morgan fingerprint density at radius 1 is 1.23 bits per heavy atom. The van der Waals surface area contributed by atoms with Crippen LogP contribution in [0, 0.1) is 11.8 Å². The molecule has 2 saturated heterocycles. The van der Waals surface area contributed by atoms with Crippen LogP contribution >= 0.6 is 11.6 Å². The summed E-state index contributed by atoms with van der Waals surface area (Å²) in [5.74, 6) is -0.610. The summed E-state index contributed by atoms with van der Waals surface area (Å²) in [6.07, 6.45) is 3.49. The minimum absolute atomic E-state index is 0.0655. The van der Waals surface area contributed by atoms with Gasteiger partial charge in [0, 0.05) is 23.7 Å². The van der Waals surface area contributed by atoms with Gasteiger partial charge in [-0.25, -0.2) is 0 Å². The maximum Gasteiger partial charge on any atom is 0.230 e. The van der Waals surface area contributed by atoms with Crippen molar-refractivity contribution in [3.63, 3.8) is 0 Å². The molecule has 3 aliphatic rings. The number of carbonyl (C=O) groups excluding carboxylic acids is 2. The maximum absolute atomic E-state index is 13.3. The van der Waals surface area contributed by atoms with E-state index in [4.69, 9.17) is 21.1 Å². The van der Waals surface area contributed by atoms with E-state index in [0.717, 1.165) is 11.1 Å². The van der Waals surface area contributed by atoms with Crippen LogP contribution in [-0.4, -0.2) is 42.1 Å². The molecule has 0 saturated carbocycles. The number of hydrogen-bond acceptors (Lipinski definition) is 4. The SMILES string of the molecule is COc1ccccc1CNC(=O)C1C2C=CC3(CN(Cc4ccccc4Cl)C(=O)C13)O2. The van der Waals surface area contributed by atoms with E-state index in [1.165, 1.54) is 0 Å². The summed E-state index contributed by atoms with van der Waals surface area (Å²) in [6, 6.07) is 15.0. The third-order valence-electron chi connectivity index (χ3n) is 6.45. The molecule has 2 bridgehead atoms. The Kier molecular flexibility index (Phi) is 4.99. The Bertz CT molecular complexity index is 1070. The van der Waals surface area contributed by atoms with Crippen molar-refractivity contribution < 1.29 is 19.1 Å². The molecule has 3 aliphatic heterocycles. The van der Waals surface area contributed by atoms with Gasteiger partial charge in [0.1, 0.15) is 11.4 Å². The van der Waals surface area contributed by atoms with Gasteiger partial charge in [0.05, 0.1) is 31.6 Å². The monoisotopic (exact) mass is 438 g/mol. The molecule has 5 rings (SSSR count). The van der Waals surface area contributed by atoms with Crippen LogP contribution in [0.25, 0.3) is 0 Å². The lowest BCUT2D eigenvalue weighted by Crippen LogP contribution is -2.43. The van der Waals surface area contributed by atoms with Crippen LogP contribution in [-0.2, 0) is 27.4 Å². The summed E-state index contributed by atoms with van der Waals surface area (Å²) in [6.45, 7) is 1.15. The van der Waals surface area contributed by atoms with Crippen LogP contribution in [0.15, 0.2) is 60.7 Å². The summed E-state index contributed by atoms with van der Waals surface area (Å²) in [7, 11) is 1.60. The van der Waals surface area contributed by atoms with E-state index in [-0.39, 0.29) is 17.9 Å². The number of ether oxygens (including phenoxy) is 2. The summed E-state index contributed by atoms with van der Waals surface area (Å²) in [4.78, 5) is 28.2. The number of fused-ring (bicyclic) bond motifs is 1. The predicted molar refractivity (Wildman–Crippen MR) is 115 cm³/mol. The van der Waals surface area contributed by atoms with Gasteiger partial charge in [-0.2, -0.15) is 0 Å². The van der Waals surface area contributed by atoms with E-state index in [1.54, 1.807) is 12.0 Å². The van der Waals surface area contributed by atoms with Gasteiger partial charge in [-0.15, -0.1) is 0 Å². The molecule has 6 nitrogen and oxygen atoms in total. The van der Waals surface area contributed by atoms with Crippen molar-refractivity contribution in [1.29, 1.82) is 0 Å². The molecule has 3 heterocycles. The highest BCUT2D eigenvalue weighted by Crippen LogP contribution is 2.52. The molecule has 2 fully saturated rings. The third-order valence-corrected chi connectivity index (χ3v) is 6.81. The molecule has 0 aromatic heterocycles. The quantitative estimate of drug-likeness (QED) is 0.704. The normalized spacial score (nSPS) is 28.1. The molecule has 0 aliphatic carbocycles. The molecule has 7 heteroatoms. The fraction of sp³-hybridized carbons (Fsp3) is 0.333. The fourth-order valence-corrected chi connectivity index (χ4v) is 5.19. The Morgan fingerprint density at radius 2 is 1.97 bits per heavy atom. The van der Waals surface area contributed by atoms with Crippen molar-refractivity contribution in [2.45, 2.75) is 24.8 Å². The first-order chi connectivity index (χ1) is 15.0. The van der Waals surface area contributed by atoms with Gasteiger partial charge in [0.2, 0.25) is 11.8 Å². The fourth-order valence-electron chi connectivity index (χ4n) is 4.99. The number of para-hydroxylation sites is 1. The second-order valence-electron chi connectivity index (χ2n) is 8.22. The third kappa shape index (κ3) is 3.30. The number of amides is 2. The Balaban J connectivity index is 1.33. The highest BCUT2D eigenvalue weighted by atomic mass is 35.5. The number of likely N-dealkylation sites (tertiary alicyclic amines) is 1. The molecular weight excluding hydrogens is 416 g/mol. The van der Waals surface area contributed by atoms with Gasteiger partial charge in [-0.1, -0.05) is 60.2 Å². The summed E-state index contributed by atoms with van der Waals surface area (Å²) < 4.78 is 11.6. The number of carbonyl (C=O) groups is 2. The number of rotatable bonds is 6. The van der Waals surface area contributed by atoms with E-state index in [2.05, 4.69) is 5.32 Å². The van der Waals surface area contributed by atoms with Crippen molar-refractivity contribution in [3.05, 3.63) is 76.8 Å². The maximum atomic E-state index is 13.3. The van der Waals surface area contributed by atoms with Crippen LogP contribution < -0.4 is 10.1 Å². The number of hydrogen-bond donors (Lipinski definition) is 1. The summed E-state index contributed by atoms with van der Waals surface area (Å²) >= 11 is 6.29. The summed E-state index contributed by atoms with van der Waals surface area (Å²) in [5.41, 5.74) is 1.02. The Labute approximate surface area is 185 Å². The molecule has 2 amide bonds. The molecule has 2 aromatic rings. The minimum atomic E-state index is -0.741. The predicted octanol–water partition coefficient (Wildman–Crippen LogP) is 2.95. The van der Waals surface area contributed by atoms with Gasteiger partial charge in [-0.3, -0.25) is 9.59 Å². The van der Waals surface area contributed by atoms with Gasteiger partial charge in [0.25, 0.3) is 0 Å². The molecule has 2 aromatic carbocycles. The molecular formula is C24H23ClN2O4. The minimum Gasteiger partial charge on any atom is -0.496 e. The number of benzene rings is 2. The molecule has 31 heavy (non-hydrogen) atoms. The van der Waals surface area contributed by atoms with Crippen molar-refractivity contribution in [2.24, 2.45) is 11.8 Å². The molecule has 1 spiro atoms. The lowest BCUT2D eigenvalue weighted by atomic mass is 9.77. The average molecular weight is 439 g/mol. The van der Waals surface area contributed by atoms with Crippen LogP contribution in [0.3, 0.4) is 0 Å². The molecule has 4 unspecified atom stereocenters. The average Bonchev–Trinajstić information content (AvgIpc) is 3.42. The van der Waals surface area contributed by atoms with Crippen LogP contribution in [0.5, 0.6) is 5.75 Å². The van der Waals surface area contributed by atoms with Crippen molar-refractivity contribution in [3.8, 4) is 5.75 Å². The van der Waals surface area contributed by atoms with Gasteiger partial charge in [0.15, 0.2) is 0 Å². The second kappa shape index (κ2) is 7.70. The molecule has 1 N–H and O–H groups in total. The van der Waals surface area contributed by atoms with Crippen molar-refractivity contribution >= 4 is 23.4 Å². The lowest BCUT2D eigenvalue weighted by Gasteiger charge is -2.23. The van der Waals surface area contributed by atoms with E-state index >= 15 is 0 Å². The zero-order valence-electron chi connectivity index (χ0n) is 17.1. The highest BCUT2D eigenvalue weighted by Gasteiger charge is 2.66. The lowest BCUT2D eigenvalue weighted by molar-refractivity contribution is -0.137. The zero-order chi connectivity index (χ0) is 21.6. The first-order valence-electron chi connectivity index (χ1n) is 10.3. The number of halogens is 1. The van der Waals surface area contributed by atoms with Crippen LogP contribution in [0.2, 0.25) is 5.02 Å². The van der Waals surface area contributed by atoms with E-state index in [1.807, 2.05) is 60.7 Å². The van der Waals surface area contributed by atoms with Crippen LogP contribution in [0.4, 0.5) is 0 Å². The zero-order valence-corrected chi connectivity index (χ0v) is 17.8. The van der Waals surface area contributed by atoms with E-state index < -0.39 is 17.4 Å². The van der Waals surface area contributed by atoms with Gasteiger partial charge >= 0.3 is 0 Å². The topological polar surface area (TPSA) is 67.9 Å². The Morgan fingerprint density at radius 3 is 2.74 bits per heavy atom. The standard InChI is InChI=1S/C24H23ClN2O4/c1-30-18-9-5-3-6-15(18)12-26-22(28)20-19-10-11-24(31-19)14-27(23(29)21(20)24)13-16-7-2-4-8-17(16)25/h2-11,19-21H,12-14H2,1H3,(H,26,28). The van der Waals surface area contributed by atoms with Gasteiger partial charge < -0.3 is 19.7 Å². The summed E-state index contributed by atoms with van der Waals surface area (Å²) in [5, 5.41) is 3.60. The van der Waals surface area contributed by atoms with E-state index in [9.17, 15) is 9.59 Å². The smallest absolute Gasteiger partial charge is 0.230 e.